The van der Waals surface area contributed by atoms with Crippen molar-refractivity contribution < 1.29 is 9.22 Å². The van der Waals surface area contributed by atoms with Gasteiger partial charge in [0.2, 0.25) is 0 Å². The number of quaternary nitrogens is 1. The van der Waals surface area contributed by atoms with E-state index in [0.717, 1.165) is 41.0 Å². The van der Waals surface area contributed by atoms with Crippen LogP contribution in [-0.4, -0.2) is 37.9 Å². The zero-order chi connectivity index (χ0) is 17.7. The lowest BCUT2D eigenvalue weighted by molar-refractivity contribution is -0.928. The largest absolute Gasteiger partial charge is 0.496 e. The molecule has 0 saturated heterocycles. The Morgan fingerprint density at radius 2 is 2.25 bits per heavy atom. The third kappa shape index (κ3) is 4.19. The topological polar surface area (TPSA) is 47.6 Å². The fourth-order valence-electron chi connectivity index (χ4n) is 3.33. The van der Waals surface area contributed by atoms with Gasteiger partial charge in [0, 0.05) is 35.1 Å². The second-order valence-corrected chi connectivity index (χ2v) is 7.05. The van der Waals surface area contributed by atoms with E-state index in [-0.39, 0.29) is 6.04 Å². The van der Waals surface area contributed by atoms with E-state index in [1.54, 1.807) is 7.11 Å². The summed E-state index contributed by atoms with van der Waals surface area (Å²) in [5, 5.41) is 0.674. The van der Waals surface area contributed by atoms with Crippen LogP contribution in [0, 0.1) is 0 Å². The number of methoxy groups -OCH3 is 1. The first-order chi connectivity index (χ1) is 11.4. The first kappa shape index (κ1) is 18.6. The van der Waals surface area contributed by atoms with Crippen molar-refractivity contribution in [1.82, 2.24) is 0 Å². The highest BCUT2D eigenvalue weighted by Crippen LogP contribution is 2.40. The minimum atomic E-state index is 0.130. The van der Waals surface area contributed by atoms with Crippen LogP contribution < -0.4 is 10.5 Å². The molecule has 1 aliphatic heterocycles. The molecule has 2 rings (SSSR count). The molecule has 4 nitrogen and oxygen atoms in total. The van der Waals surface area contributed by atoms with Crippen LogP contribution in [0.25, 0.3) is 0 Å². The van der Waals surface area contributed by atoms with Crippen molar-refractivity contribution in [1.29, 1.82) is 0 Å². The van der Waals surface area contributed by atoms with E-state index in [9.17, 15) is 0 Å². The molecule has 24 heavy (non-hydrogen) atoms. The van der Waals surface area contributed by atoms with Crippen LogP contribution in [0.3, 0.4) is 0 Å². The number of hydrogen-bond donors (Lipinski definition) is 1. The first-order valence-electron chi connectivity index (χ1n) is 8.15. The molecule has 2 N–H and O–H groups in total. The first-order valence-corrected chi connectivity index (χ1v) is 8.53. The van der Waals surface area contributed by atoms with Gasteiger partial charge in [-0.15, -0.1) is 0 Å². The Morgan fingerprint density at radius 3 is 2.92 bits per heavy atom. The lowest BCUT2D eigenvalue weighted by atomic mass is 9.94. The van der Waals surface area contributed by atoms with Crippen LogP contribution in [0.5, 0.6) is 5.75 Å². The molecular weight excluding hydrogens is 322 g/mol. The van der Waals surface area contributed by atoms with Crippen molar-refractivity contribution in [2.75, 3.05) is 27.2 Å². The molecule has 0 aromatic heterocycles. The maximum Gasteiger partial charge on any atom is 0.142 e. The molecule has 2 unspecified atom stereocenters. The van der Waals surface area contributed by atoms with Gasteiger partial charge in [0.1, 0.15) is 11.8 Å². The maximum absolute atomic E-state index is 6.15. The van der Waals surface area contributed by atoms with E-state index in [2.05, 4.69) is 31.1 Å². The van der Waals surface area contributed by atoms with Crippen LogP contribution >= 0.6 is 11.6 Å². The Kier molecular flexibility index (Phi) is 6.08. The number of hydrogen-bond acceptors (Lipinski definition) is 3. The molecule has 0 radical (unpaired) electrons. The molecule has 1 aromatic carbocycles. The molecule has 0 aliphatic carbocycles. The average Bonchev–Trinajstić information content (AvgIpc) is 2.53. The maximum atomic E-state index is 6.15. The van der Waals surface area contributed by atoms with Crippen molar-refractivity contribution in [3.63, 3.8) is 0 Å². The second-order valence-electron chi connectivity index (χ2n) is 6.62. The minimum absolute atomic E-state index is 0.130. The monoisotopic (exact) mass is 348 g/mol. The van der Waals surface area contributed by atoms with Gasteiger partial charge in [0.15, 0.2) is 0 Å². The smallest absolute Gasteiger partial charge is 0.142 e. The van der Waals surface area contributed by atoms with Gasteiger partial charge in [-0.2, -0.15) is 0 Å². The molecule has 0 bridgehead atoms. The van der Waals surface area contributed by atoms with E-state index in [1.165, 1.54) is 5.57 Å². The number of ether oxygens (including phenoxy) is 1. The summed E-state index contributed by atoms with van der Waals surface area (Å²) in [5.74, 6) is 0.808. The molecule has 0 saturated carbocycles. The molecule has 5 heteroatoms. The Labute approximate surface area is 149 Å². The van der Waals surface area contributed by atoms with Crippen LogP contribution in [0.2, 0.25) is 5.02 Å². The van der Waals surface area contributed by atoms with E-state index in [0.29, 0.717) is 5.02 Å². The van der Waals surface area contributed by atoms with Crippen molar-refractivity contribution >= 4 is 17.8 Å². The van der Waals surface area contributed by atoms with Gasteiger partial charge in [0.05, 0.1) is 32.8 Å². The van der Waals surface area contributed by atoms with Gasteiger partial charge < -0.3 is 15.0 Å². The predicted molar refractivity (Wildman–Crippen MR) is 101 cm³/mol. The summed E-state index contributed by atoms with van der Waals surface area (Å²) < 4.78 is 6.42. The van der Waals surface area contributed by atoms with Gasteiger partial charge in [-0.3, -0.25) is 4.99 Å². The zero-order valence-corrected chi connectivity index (χ0v) is 15.7. The number of allylic oxidation sites excluding steroid dienone is 1. The molecular formula is C19H27ClN3O+. The summed E-state index contributed by atoms with van der Waals surface area (Å²) in [6.07, 6.45) is 6.95. The highest BCUT2D eigenvalue weighted by Gasteiger charge is 2.36. The van der Waals surface area contributed by atoms with Gasteiger partial charge in [-0.05, 0) is 38.1 Å². The molecule has 2 atom stereocenters. The number of halogens is 1. The van der Waals surface area contributed by atoms with E-state index >= 15 is 0 Å². The highest BCUT2D eigenvalue weighted by atomic mass is 35.5. The number of aliphatic imine (C=N–C) groups is 1. The molecule has 1 aromatic rings. The summed E-state index contributed by atoms with van der Waals surface area (Å²) in [5.41, 5.74) is 9.06. The Bertz CT molecular complexity index is 677. The van der Waals surface area contributed by atoms with Gasteiger partial charge in [-0.1, -0.05) is 11.6 Å². The van der Waals surface area contributed by atoms with Gasteiger partial charge >= 0.3 is 0 Å². The van der Waals surface area contributed by atoms with Crippen molar-refractivity contribution in [3.05, 3.63) is 52.3 Å². The summed E-state index contributed by atoms with van der Waals surface area (Å²) in [6, 6.07) is 5.98. The molecule has 130 valence electrons. The highest BCUT2D eigenvalue weighted by molar-refractivity contribution is 6.30. The molecule has 0 spiro atoms. The zero-order valence-electron chi connectivity index (χ0n) is 14.9. The summed E-state index contributed by atoms with van der Waals surface area (Å²) in [6.45, 7) is 5.86. The standard InChI is InChI=1S/C19H27ClN3O/c1-14-13-22-9-5-10-23(3,11-8-15(2)21)19(14)17-7-6-16(20)12-18(17)24-4/h6-9,12-13,19H,5,10-11,21H2,1-4H3/q+1/b14-13+,15-8+,22-9?. The number of rotatable bonds is 4. The lowest BCUT2D eigenvalue weighted by Crippen LogP contribution is -2.49. The summed E-state index contributed by atoms with van der Waals surface area (Å²) in [7, 11) is 3.94. The normalized spacial score (nSPS) is 27.1. The van der Waals surface area contributed by atoms with Crippen LogP contribution in [0.4, 0.5) is 0 Å². The van der Waals surface area contributed by atoms with Crippen LogP contribution in [0.15, 0.2) is 46.7 Å². The van der Waals surface area contributed by atoms with Crippen LogP contribution in [-0.2, 0) is 0 Å². The fraction of sp³-hybridized carbons (Fsp3) is 0.421. The second kappa shape index (κ2) is 7.86. The van der Waals surface area contributed by atoms with E-state index < -0.39 is 0 Å². The Morgan fingerprint density at radius 1 is 1.50 bits per heavy atom. The molecule has 1 heterocycles. The number of likely N-dealkylation sites (N-methyl/N-ethyl adjacent to an activating group) is 1. The molecule has 1 aliphatic rings. The predicted octanol–water partition coefficient (Wildman–Crippen LogP) is 4.08. The average molecular weight is 349 g/mol. The Balaban J connectivity index is 2.58. The van der Waals surface area contributed by atoms with Gasteiger partial charge in [0.25, 0.3) is 0 Å². The lowest BCUT2D eigenvalue weighted by Gasteiger charge is -2.42. The number of nitrogens with two attached hydrogens (primary N) is 1. The minimum Gasteiger partial charge on any atom is -0.496 e. The van der Waals surface area contributed by atoms with Crippen LogP contribution in [0.1, 0.15) is 31.9 Å². The van der Waals surface area contributed by atoms with Crippen molar-refractivity contribution in [3.8, 4) is 5.75 Å². The number of benzene rings is 1. The summed E-state index contributed by atoms with van der Waals surface area (Å²) >= 11 is 6.15. The Hall–Kier alpha value is -1.78. The van der Waals surface area contributed by atoms with Gasteiger partial charge in [-0.25, -0.2) is 0 Å². The van der Waals surface area contributed by atoms with Crippen molar-refractivity contribution in [2.45, 2.75) is 26.3 Å². The number of nitrogens with zero attached hydrogens (tertiary/aromatic N) is 2. The summed E-state index contributed by atoms with van der Waals surface area (Å²) in [4.78, 5) is 4.42. The van der Waals surface area contributed by atoms with E-state index in [1.807, 2.05) is 31.5 Å². The third-order valence-electron chi connectivity index (χ3n) is 4.53. The van der Waals surface area contributed by atoms with Crippen molar-refractivity contribution in [2.24, 2.45) is 10.7 Å². The quantitative estimate of drug-likeness (QED) is 0.833. The SMILES string of the molecule is COc1cc(Cl)ccc1C1/C(C)=C/N=CCC[N+]1(C)C/C=C(\C)N. The third-order valence-corrected chi connectivity index (χ3v) is 4.76. The molecule has 0 fully saturated rings. The van der Waals surface area contributed by atoms with E-state index in [4.69, 9.17) is 22.1 Å². The fourth-order valence-corrected chi connectivity index (χ4v) is 3.49. The molecule has 0 amide bonds.